The smallest absolute Gasteiger partial charge is 0.290 e. The molecule has 0 radical (unpaired) electrons. The average molecular weight is 559 g/mol. The number of carbonyl (C=O) groups excluding carboxylic acids is 1. The highest BCUT2D eigenvalue weighted by Crippen LogP contribution is 2.45. The van der Waals surface area contributed by atoms with Crippen molar-refractivity contribution in [1.82, 2.24) is 0 Å². The third-order valence-corrected chi connectivity index (χ3v) is 7.60. The van der Waals surface area contributed by atoms with E-state index in [1.165, 1.54) is 22.3 Å². The van der Waals surface area contributed by atoms with E-state index in [-0.39, 0.29) is 30.1 Å². The maximum Gasteiger partial charge on any atom is 0.290 e. The van der Waals surface area contributed by atoms with Crippen LogP contribution < -0.4 is 11.1 Å². The average Bonchev–Trinajstić information content (AvgIpc) is 3.37. The van der Waals surface area contributed by atoms with Crippen molar-refractivity contribution in [3.8, 4) is 11.1 Å². The molecule has 3 aromatic rings. The second-order valence-electron chi connectivity index (χ2n) is 10.1. The summed E-state index contributed by atoms with van der Waals surface area (Å²) in [7, 11) is 0. The maximum atomic E-state index is 13.5. The summed E-state index contributed by atoms with van der Waals surface area (Å²) in [5.74, 6) is -0.405. The summed E-state index contributed by atoms with van der Waals surface area (Å²) in [6, 6.07) is 22.1. The topological polar surface area (TPSA) is 112 Å². The summed E-state index contributed by atoms with van der Waals surface area (Å²) in [4.78, 5) is 13.5. The molecule has 0 fully saturated rings. The first-order valence-corrected chi connectivity index (χ1v) is 14.2. The van der Waals surface area contributed by atoms with E-state index in [1.54, 1.807) is 12.1 Å². The monoisotopic (exact) mass is 558 g/mol. The van der Waals surface area contributed by atoms with Crippen LogP contribution in [0.4, 0.5) is 11.4 Å². The van der Waals surface area contributed by atoms with Crippen molar-refractivity contribution in [3.05, 3.63) is 95.3 Å². The van der Waals surface area contributed by atoms with Gasteiger partial charge < -0.3 is 35.1 Å². The number of amides is 1. The molecule has 1 heterocycles. The molecule has 3 aromatic carbocycles. The Bertz CT molecular complexity index is 1370. The lowest BCUT2D eigenvalue weighted by atomic mass is 9.78. The molecule has 41 heavy (non-hydrogen) atoms. The van der Waals surface area contributed by atoms with Crippen LogP contribution in [-0.2, 0) is 30.2 Å². The lowest BCUT2D eigenvalue weighted by molar-refractivity contribution is -0.166. The molecule has 5 rings (SSSR count). The number of benzene rings is 3. The third-order valence-electron chi connectivity index (χ3n) is 7.60. The molecule has 0 saturated heterocycles. The van der Waals surface area contributed by atoms with E-state index in [9.17, 15) is 4.79 Å². The molecule has 4 N–H and O–H groups in total. The minimum absolute atomic E-state index is 0.0124. The fourth-order valence-electron chi connectivity index (χ4n) is 5.69. The standard InChI is InChI=1S/C33H38N2O6/c1-2-40-33-26(14-16-38-18-19-39-17-15-36)28(21-31(41-33)32(37)35-30-13-6-5-12-29(30)34)25-11-7-10-24-23-9-4-3-8-22(23)20-27(24)25/h3-13,21,26,28,33,36H,2,14-20,34H2,1H3,(H,35,37)/t26-,28+,33+/m0/s1. The van der Waals surface area contributed by atoms with Crippen molar-refractivity contribution in [2.24, 2.45) is 5.92 Å². The Kier molecular flexibility index (Phi) is 9.69. The zero-order chi connectivity index (χ0) is 28.6. The zero-order valence-electron chi connectivity index (χ0n) is 23.4. The Labute approximate surface area is 241 Å². The Balaban J connectivity index is 1.46. The van der Waals surface area contributed by atoms with E-state index in [4.69, 9.17) is 29.8 Å². The van der Waals surface area contributed by atoms with Crippen molar-refractivity contribution >= 4 is 17.3 Å². The maximum absolute atomic E-state index is 13.5. The fraction of sp³-hybridized carbons (Fsp3) is 0.364. The molecule has 1 aliphatic carbocycles. The first-order chi connectivity index (χ1) is 20.1. The van der Waals surface area contributed by atoms with Gasteiger partial charge in [0.2, 0.25) is 6.29 Å². The number of anilines is 2. The summed E-state index contributed by atoms with van der Waals surface area (Å²) >= 11 is 0. The van der Waals surface area contributed by atoms with Crippen LogP contribution in [0.3, 0.4) is 0 Å². The van der Waals surface area contributed by atoms with Crippen molar-refractivity contribution < 1.29 is 28.8 Å². The predicted molar refractivity (Wildman–Crippen MR) is 158 cm³/mol. The van der Waals surface area contributed by atoms with Crippen LogP contribution in [0.15, 0.2) is 78.6 Å². The first kappa shape index (κ1) is 28.8. The number of fused-ring (bicyclic) bond motifs is 3. The number of aliphatic hydroxyl groups is 1. The van der Waals surface area contributed by atoms with E-state index < -0.39 is 6.29 Å². The minimum atomic E-state index is -0.641. The molecule has 0 aromatic heterocycles. The normalized spacial score (nSPS) is 19.2. The second kappa shape index (κ2) is 13.8. The van der Waals surface area contributed by atoms with Crippen LogP contribution in [0, 0.1) is 5.92 Å². The van der Waals surface area contributed by atoms with Crippen LogP contribution >= 0.6 is 0 Å². The van der Waals surface area contributed by atoms with E-state index in [0.717, 1.165) is 12.0 Å². The number of rotatable bonds is 13. The van der Waals surface area contributed by atoms with Gasteiger partial charge in [-0.2, -0.15) is 0 Å². The van der Waals surface area contributed by atoms with Crippen molar-refractivity contribution in [3.63, 3.8) is 0 Å². The van der Waals surface area contributed by atoms with Crippen molar-refractivity contribution in [1.29, 1.82) is 0 Å². The van der Waals surface area contributed by atoms with Gasteiger partial charge in [0.1, 0.15) is 0 Å². The summed E-state index contributed by atoms with van der Waals surface area (Å²) in [6.45, 7) is 3.95. The molecular formula is C33H38N2O6. The number of nitrogen functional groups attached to an aromatic ring is 1. The molecule has 216 valence electrons. The fourth-order valence-corrected chi connectivity index (χ4v) is 5.69. The Morgan fingerprint density at radius 2 is 1.73 bits per heavy atom. The molecule has 0 saturated carbocycles. The Morgan fingerprint density at radius 1 is 0.976 bits per heavy atom. The third kappa shape index (κ3) is 6.63. The number of nitrogens with two attached hydrogens (primary N) is 1. The van der Waals surface area contributed by atoms with E-state index in [0.29, 0.717) is 50.8 Å². The predicted octanol–water partition coefficient (Wildman–Crippen LogP) is 4.87. The van der Waals surface area contributed by atoms with E-state index in [1.807, 2.05) is 25.1 Å². The number of nitrogens with one attached hydrogen (secondary N) is 1. The summed E-state index contributed by atoms with van der Waals surface area (Å²) in [5.41, 5.74) is 13.3. The Morgan fingerprint density at radius 3 is 2.54 bits per heavy atom. The van der Waals surface area contributed by atoms with Crippen molar-refractivity contribution in [2.75, 3.05) is 50.7 Å². The first-order valence-electron chi connectivity index (χ1n) is 14.2. The molecule has 0 bridgehead atoms. The largest absolute Gasteiger partial charge is 0.459 e. The number of hydrogen-bond acceptors (Lipinski definition) is 7. The van der Waals surface area contributed by atoms with Crippen LogP contribution in [0.2, 0.25) is 0 Å². The highest BCUT2D eigenvalue weighted by molar-refractivity contribution is 6.04. The molecule has 3 atom stereocenters. The van der Waals surface area contributed by atoms with E-state index >= 15 is 0 Å². The molecule has 8 heteroatoms. The number of carbonyl (C=O) groups is 1. The highest BCUT2D eigenvalue weighted by atomic mass is 16.7. The summed E-state index contributed by atoms with van der Waals surface area (Å²) < 4.78 is 23.5. The number of para-hydroxylation sites is 2. The van der Waals surface area contributed by atoms with Gasteiger partial charge in [-0.05, 0) is 65.8 Å². The minimum Gasteiger partial charge on any atom is -0.459 e. The number of aliphatic hydroxyl groups excluding tert-OH is 1. The second-order valence-corrected chi connectivity index (χ2v) is 10.1. The Hall–Kier alpha value is -3.69. The highest BCUT2D eigenvalue weighted by Gasteiger charge is 2.39. The van der Waals surface area contributed by atoms with Crippen molar-refractivity contribution in [2.45, 2.75) is 32.0 Å². The quantitative estimate of drug-likeness (QED) is 0.159. The van der Waals surface area contributed by atoms with Crippen LogP contribution in [0.5, 0.6) is 0 Å². The van der Waals surface area contributed by atoms with Gasteiger partial charge in [-0.1, -0.05) is 54.6 Å². The van der Waals surface area contributed by atoms with Gasteiger partial charge in [0.05, 0.1) is 37.8 Å². The van der Waals surface area contributed by atoms with Gasteiger partial charge in [-0.15, -0.1) is 0 Å². The van der Waals surface area contributed by atoms with Gasteiger partial charge in [-0.3, -0.25) is 4.79 Å². The molecule has 0 spiro atoms. The van der Waals surface area contributed by atoms with Crippen LogP contribution in [0.25, 0.3) is 11.1 Å². The molecule has 1 aliphatic heterocycles. The van der Waals surface area contributed by atoms with Gasteiger partial charge >= 0.3 is 0 Å². The van der Waals surface area contributed by atoms with Gasteiger partial charge in [0.15, 0.2) is 5.76 Å². The van der Waals surface area contributed by atoms with E-state index in [2.05, 4.69) is 47.8 Å². The number of ether oxygens (including phenoxy) is 4. The van der Waals surface area contributed by atoms with Gasteiger partial charge in [0, 0.05) is 25.0 Å². The molecule has 8 nitrogen and oxygen atoms in total. The van der Waals surface area contributed by atoms with Crippen LogP contribution in [-0.4, -0.2) is 56.9 Å². The summed E-state index contributed by atoms with van der Waals surface area (Å²) in [5, 5.41) is 11.8. The number of allylic oxidation sites excluding steroid dienone is 1. The van der Waals surface area contributed by atoms with Gasteiger partial charge in [0.25, 0.3) is 5.91 Å². The molecular weight excluding hydrogens is 520 g/mol. The van der Waals surface area contributed by atoms with Gasteiger partial charge in [-0.25, -0.2) is 0 Å². The van der Waals surface area contributed by atoms with Crippen LogP contribution in [0.1, 0.15) is 36.0 Å². The number of hydrogen-bond donors (Lipinski definition) is 3. The molecule has 1 amide bonds. The SMILES string of the molecule is CCO[C@@H]1OC(C(=O)Nc2ccccc2N)=C[C@H](c2cccc3c2Cc2ccccc2-3)[C@@H]1CCOCCOCCO. The zero-order valence-corrected chi connectivity index (χ0v) is 23.4. The molecule has 2 aliphatic rings. The lowest BCUT2D eigenvalue weighted by Crippen LogP contribution is -2.38. The summed E-state index contributed by atoms with van der Waals surface area (Å²) in [6.07, 6.45) is 2.78. The lowest BCUT2D eigenvalue weighted by Gasteiger charge is -2.37. The molecule has 0 unspecified atom stereocenters.